The summed E-state index contributed by atoms with van der Waals surface area (Å²) in [7, 11) is 0. The quantitative estimate of drug-likeness (QED) is 0.709. The zero-order chi connectivity index (χ0) is 11.1. The van der Waals surface area contributed by atoms with Crippen LogP contribution in [-0.4, -0.2) is 16.7 Å². The molecule has 5 nitrogen and oxygen atoms in total. The first kappa shape index (κ1) is 12.5. The molecule has 0 fully saturated rings. The van der Waals surface area contributed by atoms with E-state index in [0.29, 0.717) is 11.8 Å². The first-order chi connectivity index (χ1) is 6.52. The minimum absolute atomic E-state index is 0.160. The molecule has 0 saturated carbocycles. The fourth-order valence-electron chi connectivity index (χ4n) is 0.850. The van der Waals surface area contributed by atoms with Crippen molar-refractivity contribution >= 4 is 6.47 Å². The van der Waals surface area contributed by atoms with Crippen LogP contribution in [0.5, 0.6) is 0 Å². The van der Waals surface area contributed by atoms with Gasteiger partial charge in [-0.1, -0.05) is 20.8 Å². The Kier molecular flexibility index (Phi) is 5.36. The third kappa shape index (κ3) is 3.93. The highest BCUT2D eigenvalue weighted by Crippen LogP contribution is 2.21. The number of hydrogen-bond acceptors (Lipinski definition) is 3. The van der Waals surface area contributed by atoms with Gasteiger partial charge in [0.15, 0.2) is 0 Å². The molecule has 0 aliphatic rings. The summed E-state index contributed by atoms with van der Waals surface area (Å²) in [6.07, 6.45) is 0. The van der Waals surface area contributed by atoms with Gasteiger partial charge in [-0.05, 0) is 5.92 Å². The van der Waals surface area contributed by atoms with Crippen LogP contribution in [0.15, 0.2) is 15.4 Å². The van der Waals surface area contributed by atoms with E-state index in [1.807, 2.05) is 6.92 Å². The fraction of sp³-hybridized carbons (Fsp3) is 0.556. The number of aromatic amines is 1. The third-order valence-corrected chi connectivity index (χ3v) is 1.99. The number of carbonyl (C=O) groups is 1. The maximum absolute atomic E-state index is 10.7. The molecule has 0 saturated heterocycles. The Morgan fingerprint density at radius 1 is 1.50 bits per heavy atom. The van der Waals surface area contributed by atoms with Gasteiger partial charge in [-0.3, -0.25) is 9.59 Å². The number of H-pyrrole nitrogens is 1. The molecule has 0 spiro atoms. The monoisotopic (exact) mass is 201 g/mol. The summed E-state index contributed by atoms with van der Waals surface area (Å²) in [4.78, 5) is 19.0. The Labute approximate surface area is 81.7 Å². The van der Waals surface area contributed by atoms with E-state index in [1.165, 1.54) is 6.07 Å². The lowest BCUT2D eigenvalue weighted by Crippen LogP contribution is -2.01. The molecule has 0 aromatic carbocycles. The highest BCUT2D eigenvalue weighted by Gasteiger charge is 2.13. The molecule has 0 amide bonds. The van der Waals surface area contributed by atoms with Crippen molar-refractivity contribution < 1.29 is 14.4 Å². The minimum atomic E-state index is -0.250. The zero-order valence-electron chi connectivity index (χ0n) is 8.48. The molecular weight excluding hydrogens is 186 g/mol. The van der Waals surface area contributed by atoms with Gasteiger partial charge in [-0.15, -0.1) is 0 Å². The van der Waals surface area contributed by atoms with Gasteiger partial charge in [0.2, 0.25) is 0 Å². The van der Waals surface area contributed by atoms with Crippen molar-refractivity contribution in [1.82, 2.24) is 5.16 Å². The number of carboxylic acid groups (broad SMARTS) is 1. The molecular formula is C9H15NO4. The van der Waals surface area contributed by atoms with Crippen LogP contribution in [0.4, 0.5) is 0 Å². The van der Waals surface area contributed by atoms with Gasteiger partial charge in [0, 0.05) is 12.0 Å². The molecule has 80 valence electrons. The van der Waals surface area contributed by atoms with Crippen molar-refractivity contribution in [2.75, 3.05) is 0 Å². The Hall–Kier alpha value is -1.52. The number of hydrogen-bond donors (Lipinski definition) is 2. The van der Waals surface area contributed by atoms with E-state index < -0.39 is 0 Å². The van der Waals surface area contributed by atoms with E-state index in [1.54, 1.807) is 0 Å². The topological polar surface area (TPSA) is 83.3 Å². The Balaban J connectivity index is 0.000000500. The highest BCUT2D eigenvalue weighted by molar-refractivity contribution is 5.32. The molecule has 1 unspecified atom stereocenters. The molecule has 1 aromatic heterocycles. The van der Waals surface area contributed by atoms with Crippen molar-refractivity contribution in [1.29, 1.82) is 0 Å². The summed E-state index contributed by atoms with van der Waals surface area (Å²) < 4.78 is 4.95. The van der Waals surface area contributed by atoms with Gasteiger partial charge in [-0.25, -0.2) is 0 Å². The van der Waals surface area contributed by atoms with Gasteiger partial charge in [0.25, 0.3) is 12.0 Å². The highest BCUT2D eigenvalue weighted by atomic mass is 16.5. The van der Waals surface area contributed by atoms with Crippen molar-refractivity contribution in [2.24, 2.45) is 5.92 Å². The number of aromatic nitrogens is 1. The van der Waals surface area contributed by atoms with Crippen LogP contribution in [0.1, 0.15) is 32.4 Å². The van der Waals surface area contributed by atoms with E-state index in [-0.39, 0.29) is 12.0 Å². The standard InChI is InChI=1S/C8H13NO2.CH2O2/c1-5(2)6(3)7-4-8(10)9-11-7;2-1-3/h4-6H,1-3H3,(H,9,10);1H,(H,2,3). The largest absolute Gasteiger partial charge is 0.483 e. The second-order valence-corrected chi connectivity index (χ2v) is 3.25. The predicted octanol–water partition coefficient (Wildman–Crippen LogP) is 1.43. The normalized spacial score (nSPS) is 11.7. The molecule has 1 heterocycles. The van der Waals surface area contributed by atoms with Crippen LogP contribution in [0, 0.1) is 5.92 Å². The minimum Gasteiger partial charge on any atom is -0.483 e. The van der Waals surface area contributed by atoms with Crippen molar-refractivity contribution in [3.05, 3.63) is 22.2 Å². The van der Waals surface area contributed by atoms with Gasteiger partial charge in [0.1, 0.15) is 5.76 Å². The van der Waals surface area contributed by atoms with Crippen molar-refractivity contribution in [3.8, 4) is 0 Å². The van der Waals surface area contributed by atoms with E-state index in [0.717, 1.165) is 5.76 Å². The summed E-state index contributed by atoms with van der Waals surface area (Å²) in [5.74, 6) is 1.54. The number of rotatable bonds is 2. The molecule has 0 radical (unpaired) electrons. The van der Waals surface area contributed by atoms with E-state index in [2.05, 4.69) is 19.0 Å². The van der Waals surface area contributed by atoms with Gasteiger partial charge in [0.05, 0.1) is 0 Å². The zero-order valence-corrected chi connectivity index (χ0v) is 8.48. The summed E-state index contributed by atoms with van der Waals surface area (Å²) in [6.45, 7) is 5.98. The molecule has 2 N–H and O–H groups in total. The van der Waals surface area contributed by atoms with Crippen LogP contribution < -0.4 is 5.56 Å². The summed E-state index contributed by atoms with van der Waals surface area (Å²) in [5, 5.41) is 9.16. The average Bonchev–Trinajstić information content (AvgIpc) is 2.51. The van der Waals surface area contributed by atoms with Crippen LogP contribution in [0.2, 0.25) is 0 Å². The molecule has 1 rings (SSSR count). The van der Waals surface area contributed by atoms with Gasteiger partial charge >= 0.3 is 0 Å². The third-order valence-electron chi connectivity index (χ3n) is 1.99. The molecule has 1 atom stereocenters. The van der Waals surface area contributed by atoms with Crippen molar-refractivity contribution in [3.63, 3.8) is 0 Å². The van der Waals surface area contributed by atoms with Crippen molar-refractivity contribution in [2.45, 2.75) is 26.7 Å². The van der Waals surface area contributed by atoms with Crippen LogP contribution in [0.25, 0.3) is 0 Å². The molecule has 0 bridgehead atoms. The summed E-state index contributed by atoms with van der Waals surface area (Å²) in [5.41, 5.74) is -0.160. The number of nitrogens with one attached hydrogen (secondary N) is 1. The van der Waals surface area contributed by atoms with Crippen LogP contribution in [0.3, 0.4) is 0 Å². The summed E-state index contributed by atoms with van der Waals surface area (Å²) >= 11 is 0. The Morgan fingerprint density at radius 2 is 2.00 bits per heavy atom. The summed E-state index contributed by atoms with van der Waals surface area (Å²) in [6, 6.07) is 1.50. The maximum atomic E-state index is 10.7. The van der Waals surface area contributed by atoms with Crippen LogP contribution >= 0.6 is 0 Å². The lowest BCUT2D eigenvalue weighted by molar-refractivity contribution is -0.122. The maximum Gasteiger partial charge on any atom is 0.290 e. The first-order valence-electron chi connectivity index (χ1n) is 4.29. The molecule has 0 aliphatic heterocycles. The predicted molar refractivity (Wildman–Crippen MR) is 51.3 cm³/mol. The average molecular weight is 201 g/mol. The second kappa shape index (κ2) is 6.01. The fourth-order valence-corrected chi connectivity index (χ4v) is 0.850. The molecule has 1 aromatic rings. The SMILES string of the molecule is CC(C)C(C)c1cc(=O)[nH]o1.O=CO. The smallest absolute Gasteiger partial charge is 0.290 e. The Morgan fingerprint density at radius 3 is 2.29 bits per heavy atom. The molecule has 14 heavy (non-hydrogen) atoms. The van der Waals surface area contributed by atoms with Crippen LogP contribution in [-0.2, 0) is 4.79 Å². The second-order valence-electron chi connectivity index (χ2n) is 3.25. The van der Waals surface area contributed by atoms with E-state index >= 15 is 0 Å². The molecule has 5 heteroatoms. The van der Waals surface area contributed by atoms with Gasteiger partial charge in [-0.2, -0.15) is 5.16 Å². The van der Waals surface area contributed by atoms with E-state index in [4.69, 9.17) is 14.4 Å². The first-order valence-corrected chi connectivity index (χ1v) is 4.29. The lowest BCUT2D eigenvalue weighted by atomic mass is 9.96. The lowest BCUT2D eigenvalue weighted by Gasteiger charge is -2.10. The molecule has 0 aliphatic carbocycles. The Bertz CT molecular complexity index is 313. The van der Waals surface area contributed by atoms with Gasteiger partial charge < -0.3 is 9.63 Å². The van der Waals surface area contributed by atoms with E-state index in [9.17, 15) is 4.79 Å².